The summed E-state index contributed by atoms with van der Waals surface area (Å²) in [5, 5.41) is 61.3. The predicted octanol–water partition coefficient (Wildman–Crippen LogP) is -4.30. The molecule has 11 atom stereocenters. The molecule has 3 aromatic rings. The summed E-state index contributed by atoms with van der Waals surface area (Å²) in [6.45, 7) is 6.11. The average Bonchev–Trinajstić information content (AvgIpc) is 1.65. The van der Waals surface area contributed by atoms with Crippen molar-refractivity contribution in [2.45, 2.75) is 139 Å². The number of H-pyrrole nitrogens is 1. The van der Waals surface area contributed by atoms with Crippen molar-refractivity contribution < 1.29 is 82.4 Å². The first kappa shape index (κ1) is 70.2. The van der Waals surface area contributed by atoms with E-state index in [2.05, 4.69) is 63.5 Å². The van der Waals surface area contributed by atoms with E-state index in [9.17, 15) is 82.4 Å². The Morgan fingerprint density at radius 1 is 0.707 bits per heavy atom. The zero-order valence-corrected chi connectivity index (χ0v) is 52.2. The molecule has 15 N–H and O–H groups in total. The van der Waals surface area contributed by atoms with Crippen molar-refractivity contribution in [2.24, 2.45) is 17.8 Å². The second kappa shape index (κ2) is 31.6. The standard InChI is InChI=1S/C60H78N14O17S/c1-28(2)49-56(88)63-23-45(80)66-40-27-92-59-36(35-9-7-8-10-37(35)69-59)20-38(53(85)62-24-46(81)71-49)67-58(90)51(30(5)42(77)26-75)72-55(87)41-19-34(76)25-74(41)60(91)39(68-54(40)86)21-44(79)61-22-32-11-13-33(14-12-32)65-52(84)31(6)64-57(89)50(29(3)4)70-43(78)17-18-73-47(82)15-16-48(73)83/h7-16,28-31,34,38-42,49-51,69,75-77H,17-27H2,1-6H3,(H,61,79)(H,62,85)(H,63,88)(H,64,89)(H,65,84)(H,66,80)(H,67,90)(H,68,86)(H,70,78)(H,71,81)(H,72,87)/t30-,31-,34+,38-,39-,40?,41-,42-,49-,50?,51-/m0/s1. The Balaban J connectivity index is 1.13. The van der Waals surface area contributed by atoms with Gasteiger partial charge in [-0.25, -0.2) is 0 Å². The summed E-state index contributed by atoms with van der Waals surface area (Å²) in [5.41, 5.74) is 1.68. The van der Waals surface area contributed by atoms with Crippen LogP contribution in [0.4, 0.5) is 5.69 Å². The monoisotopic (exact) mass is 1300 g/mol. The molecule has 32 heteroatoms. The van der Waals surface area contributed by atoms with E-state index in [0.717, 1.165) is 33.7 Å². The van der Waals surface area contributed by atoms with Gasteiger partial charge in [-0.3, -0.25) is 72.0 Å². The van der Waals surface area contributed by atoms with Crippen LogP contribution in [0.2, 0.25) is 0 Å². The summed E-state index contributed by atoms with van der Waals surface area (Å²) >= 11 is 0.986. The summed E-state index contributed by atoms with van der Waals surface area (Å²) in [7, 11) is 0. The number of para-hydroxylation sites is 1. The van der Waals surface area contributed by atoms with Crippen LogP contribution >= 0.6 is 11.8 Å². The summed E-state index contributed by atoms with van der Waals surface area (Å²) < 4.78 is 0. The number of aromatic nitrogens is 1. The molecule has 2 bridgehead atoms. The Morgan fingerprint density at radius 3 is 2.03 bits per heavy atom. The molecular formula is C60H78N14O17S. The number of benzene rings is 2. The van der Waals surface area contributed by atoms with E-state index in [1.54, 1.807) is 64.1 Å². The second-order valence-corrected chi connectivity index (χ2v) is 24.6. The highest BCUT2D eigenvalue weighted by Crippen LogP contribution is 2.32. The Hall–Kier alpha value is -9.27. The number of carbonyl (C=O) groups excluding carboxylic acids is 14. The largest absolute Gasteiger partial charge is 0.394 e. The third-order valence-corrected chi connectivity index (χ3v) is 17.1. The maximum absolute atomic E-state index is 15.0. The number of thioether (sulfide) groups is 1. The lowest BCUT2D eigenvalue weighted by Gasteiger charge is -2.33. The molecule has 1 saturated heterocycles. The highest BCUT2D eigenvalue weighted by atomic mass is 32.2. The van der Waals surface area contributed by atoms with Gasteiger partial charge in [-0.1, -0.05) is 65.0 Å². The van der Waals surface area contributed by atoms with Gasteiger partial charge in [-0.2, -0.15) is 0 Å². The number of aromatic amines is 1. The minimum Gasteiger partial charge on any atom is -0.394 e. The van der Waals surface area contributed by atoms with Gasteiger partial charge in [0.25, 0.3) is 11.8 Å². The summed E-state index contributed by atoms with van der Waals surface area (Å²) in [6, 6.07) is 1.16. The van der Waals surface area contributed by atoms with Crippen molar-refractivity contribution in [2.75, 3.05) is 43.9 Å². The molecule has 14 amide bonds. The Bertz CT molecular complexity index is 3360. The van der Waals surface area contributed by atoms with E-state index in [1.165, 1.54) is 26.0 Å². The van der Waals surface area contributed by atoms with Crippen LogP contribution in [0.25, 0.3) is 10.9 Å². The first-order chi connectivity index (χ1) is 43.6. The van der Waals surface area contributed by atoms with Gasteiger partial charge >= 0.3 is 0 Å². The van der Waals surface area contributed by atoms with Crippen LogP contribution in [-0.2, 0) is 80.1 Å². The topological polar surface area (TPSA) is 454 Å². The van der Waals surface area contributed by atoms with E-state index in [-0.39, 0.29) is 37.4 Å². The number of carbonyl (C=O) groups is 14. The normalized spacial score (nSPS) is 23.6. The number of imide groups is 1. The summed E-state index contributed by atoms with van der Waals surface area (Å²) in [5.74, 6) is -14.1. The van der Waals surface area contributed by atoms with Gasteiger partial charge in [-0.15, -0.1) is 11.8 Å². The number of hydrogen-bond acceptors (Lipinski definition) is 18. The van der Waals surface area contributed by atoms with E-state index >= 15 is 0 Å². The zero-order chi connectivity index (χ0) is 67.2. The third kappa shape index (κ3) is 18.2. The second-order valence-electron chi connectivity index (χ2n) is 23.5. The van der Waals surface area contributed by atoms with Gasteiger partial charge < -0.3 is 83.7 Å². The minimum atomic E-state index is -1.84. The molecule has 2 unspecified atom stereocenters. The number of nitrogens with one attached hydrogen (secondary N) is 12. The number of rotatable bonds is 17. The fraction of sp³-hybridized carbons (Fsp3) is 0.500. The zero-order valence-electron chi connectivity index (χ0n) is 51.4. The lowest BCUT2D eigenvalue weighted by molar-refractivity contribution is -0.144. The van der Waals surface area contributed by atoms with Crippen LogP contribution in [0.1, 0.15) is 71.9 Å². The fourth-order valence-corrected chi connectivity index (χ4v) is 11.7. The molecule has 0 spiro atoms. The first-order valence-corrected chi connectivity index (χ1v) is 31.0. The molecule has 31 nitrogen and oxygen atoms in total. The van der Waals surface area contributed by atoms with E-state index in [4.69, 9.17) is 0 Å². The quantitative estimate of drug-likeness (QED) is 0.0569. The molecule has 0 aliphatic carbocycles. The molecule has 4 aliphatic rings. The molecule has 0 saturated carbocycles. The Labute approximate surface area is 532 Å². The van der Waals surface area contributed by atoms with E-state index in [1.807, 2.05) is 0 Å². The van der Waals surface area contributed by atoms with E-state index < -0.39 is 200 Å². The molecular weight excluding hydrogens is 1220 g/mol. The van der Waals surface area contributed by atoms with Gasteiger partial charge in [0.15, 0.2) is 0 Å². The minimum absolute atomic E-state index is 0.190. The Kier molecular flexibility index (Phi) is 24.1. The van der Waals surface area contributed by atoms with Crippen LogP contribution in [0.15, 0.2) is 65.7 Å². The third-order valence-electron chi connectivity index (χ3n) is 15.9. The van der Waals surface area contributed by atoms with Crippen molar-refractivity contribution in [1.82, 2.24) is 68.0 Å². The van der Waals surface area contributed by atoms with Crippen molar-refractivity contribution in [3.8, 4) is 0 Å². The molecule has 1 aromatic heterocycles. The number of amides is 14. The van der Waals surface area contributed by atoms with Crippen LogP contribution in [-0.4, -0.2) is 212 Å². The number of hydrogen-bond donors (Lipinski definition) is 15. The molecule has 1 fully saturated rings. The number of anilines is 1. The molecule has 7 rings (SSSR count). The lowest BCUT2D eigenvalue weighted by atomic mass is 9.93. The number of fused-ring (bicyclic) bond motifs is 5. The maximum atomic E-state index is 15.0. The van der Waals surface area contributed by atoms with Crippen LogP contribution < -0.4 is 58.5 Å². The molecule has 496 valence electrons. The van der Waals surface area contributed by atoms with Crippen molar-refractivity contribution in [3.63, 3.8) is 0 Å². The highest BCUT2D eigenvalue weighted by Gasteiger charge is 2.45. The van der Waals surface area contributed by atoms with Gasteiger partial charge in [-0.05, 0) is 48.1 Å². The van der Waals surface area contributed by atoms with Gasteiger partial charge in [0.05, 0.1) is 43.4 Å². The molecule has 2 aromatic carbocycles. The van der Waals surface area contributed by atoms with Crippen molar-refractivity contribution >= 4 is 111 Å². The molecule has 92 heavy (non-hydrogen) atoms. The Morgan fingerprint density at radius 2 is 1.37 bits per heavy atom. The van der Waals surface area contributed by atoms with Crippen molar-refractivity contribution in [1.29, 1.82) is 0 Å². The SMILES string of the molecule is CC(C)C(NC(=O)CCN1C(=O)C=CC1=O)C(=O)N[C@@H](C)C(=O)Nc1ccc(CNC(=O)C[C@@H]2NC(=O)C3CSc4[nH]c5ccccc5c4C[C@H](NC(=O)[C@H]([C@@H](C)[C@@H](O)CO)NC(=O)[C@@H]4C[C@@H](O)CN4C2=O)C(=O)NCC(=O)N[C@@H](C(C)C)C(=O)NCC(=O)N3)cc1. The van der Waals surface area contributed by atoms with Gasteiger partial charge in [0, 0.05) is 79.3 Å². The fourth-order valence-electron chi connectivity index (χ4n) is 10.6. The molecule has 0 radical (unpaired) electrons. The van der Waals surface area contributed by atoms with E-state index in [0.29, 0.717) is 27.1 Å². The smallest absolute Gasteiger partial charge is 0.253 e. The maximum Gasteiger partial charge on any atom is 0.253 e. The number of aliphatic hydroxyl groups excluding tert-OH is 3. The molecule has 5 heterocycles. The van der Waals surface area contributed by atoms with Crippen molar-refractivity contribution in [3.05, 3.63) is 71.8 Å². The summed E-state index contributed by atoms with van der Waals surface area (Å²) in [4.78, 5) is 197. The predicted molar refractivity (Wildman–Crippen MR) is 328 cm³/mol. The summed E-state index contributed by atoms with van der Waals surface area (Å²) in [6.07, 6.45) is -2.68. The average molecular weight is 1300 g/mol. The highest BCUT2D eigenvalue weighted by molar-refractivity contribution is 7.99. The lowest BCUT2D eigenvalue weighted by Crippen LogP contribution is -2.62. The van der Waals surface area contributed by atoms with Crippen LogP contribution in [0, 0.1) is 17.8 Å². The number of nitrogens with zero attached hydrogens (tertiary/aromatic N) is 2. The first-order valence-electron chi connectivity index (χ1n) is 30.0. The number of aliphatic hydroxyl groups is 3. The van der Waals surface area contributed by atoms with Crippen LogP contribution in [0.5, 0.6) is 0 Å². The van der Waals surface area contributed by atoms with Gasteiger partial charge in [0.1, 0.15) is 48.3 Å². The van der Waals surface area contributed by atoms with Crippen LogP contribution in [0.3, 0.4) is 0 Å². The molecule has 4 aliphatic heterocycles. The van der Waals surface area contributed by atoms with Gasteiger partial charge in [0.2, 0.25) is 70.9 Å².